The molecular weight excluding hydrogens is 341 g/mol. The summed E-state index contributed by atoms with van der Waals surface area (Å²) in [6.45, 7) is -0.0802. The first-order chi connectivity index (χ1) is 11.7. The Morgan fingerprint density at radius 3 is 2.64 bits per heavy atom. The Labute approximate surface area is 141 Å². The zero-order valence-electron chi connectivity index (χ0n) is 13.5. The Morgan fingerprint density at radius 1 is 1.28 bits per heavy atom. The number of aromatic nitrogens is 1. The highest BCUT2D eigenvalue weighted by molar-refractivity contribution is 5.76. The molecule has 0 radical (unpaired) electrons. The summed E-state index contributed by atoms with van der Waals surface area (Å²) < 4.78 is 39.1. The number of hydrogen-bond donors (Lipinski definition) is 1. The van der Waals surface area contributed by atoms with Crippen molar-refractivity contribution in [2.45, 2.75) is 50.9 Å². The number of carboxylic acids is 1. The minimum Gasteiger partial charge on any atom is -0.481 e. The van der Waals surface area contributed by atoms with Gasteiger partial charge in [-0.25, -0.2) is 0 Å². The molecule has 25 heavy (non-hydrogen) atoms. The molecule has 0 bridgehead atoms. The Bertz CT molecular complexity index is 699. The van der Waals surface area contributed by atoms with Crippen LogP contribution in [0, 0.1) is 0 Å². The average Bonchev–Trinajstić information content (AvgIpc) is 2.54. The molecule has 0 saturated carbocycles. The van der Waals surface area contributed by atoms with Crippen LogP contribution in [0.3, 0.4) is 0 Å². The fraction of sp³-hybridized carbons (Fsp3) is 0.562. The molecule has 0 aliphatic carbocycles. The summed E-state index contributed by atoms with van der Waals surface area (Å²) in [6, 6.07) is 1.49. The third kappa shape index (κ3) is 4.83. The molecule has 1 atom stereocenters. The summed E-state index contributed by atoms with van der Waals surface area (Å²) in [7, 11) is 0. The van der Waals surface area contributed by atoms with Crippen molar-refractivity contribution in [3.8, 4) is 0 Å². The minimum absolute atomic E-state index is 0.0854. The average molecular weight is 360 g/mol. The maximum absolute atomic E-state index is 12.8. The number of carboxylic acid groups (broad SMARTS) is 1. The molecule has 1 aliphatic rings. The lowest BCUT2D eigenvalue weighted by Crippen LogP contribution is -2.46. The molecule has 0 aromatic carbocycles. The van der Waals surface area contributed by atoms with Gasteiger partial charge in [-0.05, 0) is 37.8 Å². The van der Waals surface area contributed by atoms with Gasteiger partial charge in [-0.15, -0.1) is 0 Å². The summed E-state index contributed by atoms with van der Waals surface area (Å²) >= 11 is 0. The number of aliphatic carboxylic acids is 1. The van der Waals surface area contributed by atoms with Gasteiger partial charge in [0.15, 0.2) is 0 Å². The Balaban J connectivity index is 2.15. The molecule has 9 heteroatoms. The van der Waals surface area contributed by atoms with Crippen LogP contribution in [0.2, 0.25) is 0 Å². The second-order valence-electron chi connectivity index (χ2n) is 6.02. The maximum Gasteiger partial charge on any atom is 0.421 e. The number of alkyl halides is 3. The number of amides is 1. The minimum atomic E-state index is -4.78. The van der Waals surface area contributed by atoms with Crippen molar-refractivity contribution >= 4 is 11.9 Å². The van der Waals surface area contributed by atoms with E-state index in [2.05, 4.69) is 0 Å². The van der Waals surface area contributed by atoms with E-state index < -0.39 is 35.7 Å². The van der Waals surface area contributed by atoms with E-state index in [0.717, 1.165) is 29.7 Å². The second kappa shape index (κ2) is 7.71. The molecular formula is C16H19F3N2O4. The Kier molecular flexibility index (Phi) is 5.86. The van der Waals surface area contributed by atoms with E-state index in [1.54, 1.807) is 0 Å². The third-order valence-corrected chi connectivity index (χ3v) is 4.27. The van der Waals surface area contributed by atoms with Crippen LogP contribution in [0.25, 0.3) is 0 Å². The number of halogens is 3. The molecule has 2 heterocycles. The zero-order valence-corrected chi connectivity index (χ0v) is 13.5. The monoisotopic (exact) mass is 360 g/mol. The lowest BCUT2D eigenvalue weighted by molar-refractivity contribution is -0.141. The van der Waals surface area contributed by atoms with Crippen LogP contribution in [-0.2, 0) is 22.3 Å². The van der Waals surface area contributed by atoms with Crippen LogP contribution < -0.4 is 5.56 Å². The van der Waals surface area contributed by atoms with Crippen molar-refractivity contribution in [1.82, 2.24) is 9.47 Å². The number of pyridine rings is 1. The van der Waals surface area contributed by atoms with Crippen molar-refractivity contribution < 1.29 is 27.9 Å². The molecule has 1 aromatic heterocycles. The second-order valence-corrected chi connectivity index (χ2v) is 6.02. The summed E-state index contributed by atoms with van der Waals surface area (Å²) in [5.41, 5.74) is -2.58. The van der Waals surface area contributed by atoms with Gasteiger partial charge < -0.3 is 14.6 Å². The molecule has 2 rings (SSSR count). The van der Waals surface area contributed by atoms with Crippen LogP contribution >= 0.6 is 0 Å². The van der Waals surface area contributed by atoms with Gasteiger partial charge in [-0.2, -0.15) is 13.2 Å². The highest BCUT2D eigenvalue weighted by atomic mass is 19.4. The molecule has 0 unspecified atom stereocenters. The highest BCUT2D eigenvalue weighted by Crippen LogP contribution is 2.26. The topological polar surface area (TPSA) is 79.6 Å². The maximum atomic E-state index is 12.8. The van der Waals surface area contributed by atoms with Crippen LogP contribution in [-0.4, -0.2) is 39.0 Å². The summed E-state index contributed by atoms with van der Waals surface area (Å²) in [5.74, 6) is -1.44. The van der Waals surface area contributed by atoms with Gasteiger partial charge in [-0.1, -0.05) is 0 Å². The SMILES string of the molecule is O=C(O)CC[C@H]1CCCCN1C(=O)Cn1cccc(C(F)(F)F)c1=O. The molecule has 0 spiro atoms. The van der Waals surface area contributed by atoms with E-state index in [1.165, 1.54) is 4.90 Å². The van der Waals surface area contributed by atoms with Crippen molar-refractivity contribution in [1.29, 1.82) is 0 Å². The molecule has 1 amide bonds. The van der Waals surface area contributed by atoms with Gasteiger partial charge in [0.05, 0.1) is 0 Å². The molecule has 138 valence electrons. The highest BCUT2D eigenvalue weighted by Gasteiger charge is 2.35. The van der Waals surface area contributed by atoms with E-state index in [9.17, 15) is 27.6 Å². The van der Waals surface area contributed by atoms with Crippen LogP contribution in [0.1, 0.15) is 37.7 Å². The fourth-order valence-electron chi connectivity index (χ4n) is 3.03. The molecule has 1 saturated heterocycles. The van der Waals surface area contributed by atoms with Crippen LogP contribution in [0.4, 0.5) is 13.2 Å². The van der Waals surface area contributed by atoms with Crippen LogP contribution in [0.5, 0.6) is 0 Å². The molecule has 1 aromatic rings. The van der Waals surface area contributed by atoms with E-state index in [-0.39, 0.29) is 12.5 Å². The first kappa shape index (κ1) is 19.0. The van der Waals surface area contributed by atoms with Gasteiger partial charge >= 0.3 is 12.1 Å². The number of piperidine rings is 1. The summed E-state index contributed by atoms with van der Waals surface area (Å²) in [6.07, 6.45) is -1.18. The predicted octanol–water partition coefficient (Wildman–Crippen LogP) is 2.11. The van der Waals surface area contributed by atoms with Gasteiger partial charge in [0, 0.05) is 25.2 Å². The van der Waals surface area contributed by atoms with E-state index >= 15 is 0 Å². The Morgan fingerprint density at radius 2 is 2.00 bits per heavy atom. The predicted molar refractivity (Wildman–Crippen MR) is 81.9 cm³/mol. The molecule has 6 nitrogen and oxygen atoms in total. The number of rotatable bonds is 5. The number of carbonyl (C=O) groups is 2. The number of hydrogen-bond acceptors (Lipinski definition) is 3. The fourth-order valence-corrected chi connectivity index (χ4v) is 3.03. The van der Waals surface area contributed by atoms with Gasteiger partial charge in [0.1, 0.15) is 12.1 Å². The van der Waals surface area contributed by atoms with Crippen molar-refractivity contribution in [2.75, 3.05) is 6.54 Å². The largest absolute Gasteiger partial charge is 0.481 e. The summed E-state index contributed by atoms with van der Waals surface area (Å²) in [4.78, 5) is 36.6. The quantitative estimate of drug-likeness (QED) is 0.872. The zero-order chi connectivity index (χ0) is 18.6. The van der Waals surface area contributed by atoms with Crippen molar-refractivity contribution in [2.24, 2.45) is 0 Å². The number of nitrogens with zero attached hydrogens (tertiary/aromatic N) is 2. The van der Waals surface area contributed by atoms with Gasteiger partial charge in [-0.3, -0.25) is 14.4 Å². The van der Waals surface area contributed by atoms with E-state index in [0.29, 0.717) is 25.5 Å². The van der Waals surface area contributed by atoms with Crippen molar-refractivity contribution in [3.63, 3.8) is 0 Å². The number of likely N-dealkylation sites (tertiary alicyclic amines) is 1. The lowest BCUT2D eigenvalue weighted by Gasteiger charge is -2.36. The smallest absolute Gasteiger partial charge is 0.421 e. The van der Waals surface area contributed by atoms with E-state index in [1.807, 2.05) is 0 Å². The normalized spacial score (nSPS) is 18.2. The molecule has 1 N–H and O–H groups in total. The van der Waals surface area contributed by atoms with Crippen LogP contribution in [0.15, 0.2) is 23.1 Å². The number of carbonyl (C=O) groups excluding carboxylic acids is 1. The Hall–Kier alpha value is -2.32. The molecule has 1 fully saturated rings. The lowest BCUT2D eigenvalue weighted by atomic mass is 9.98. The first-order valence-electron chi connectivity index (χ1n) is 7.98. The third-order valence-electron chi connectivity index (χ3n) is 4.27. The molecule has 1 aliphatic heterocycles. The van der Waals surface area contributed by atoms with Gasteiger partial charge in [0.2, 0.25) is 5.91 Å². The standard InChI is InChI=1S/C16H19F3N2O4/c17-16(18,19)12-5-3-8-20(15(12)25)10-13(22)21-9-2-1-4-11(21)6-7-14(23)24/h3,5,8,11H,1-2,4,6-7,9-10H2,(H,23,24)/t11-/m1/s1. The van der Waals surface area contributed by atoms with E-state index in [4.69, 9.17) is 5.11 Å². The van der Waals surface area contributed by atoms with Gasteiger partial charge in [0.25, 0.3) is 5.56 Å². The van der Waals surface area contributed by atoms with Crippen molar-refractivity contribution in [3.05, 3.63) is 34.2 Å². The first-order valence-corrected chi connectivity index (χ1v) is 7.98. The summed E-state index contributed by atoms with van der Waals surface area (Å²) in [5, 5.41) is 8.79.